The lowest BCUT2D eigenvalue weighted by Gasteiger charge is -2.15. The largest absolute Gasteiger partial charge is 0.450 e. The zero-order chi connectivity index (χ0) is 19.6. The Bertz CT molecular complexity index is 887. The average molecular weight is 393 g/mol. The number of nitro groups is 1. The van der Waals surface area contributed by atoms with E-state index >= 15 is 0 Å². The van der Waals surface area contributed by atoms with E-state index in [9.17, 15) is 32.5 Å². The number of rotatable bonds is 4. The summed E-state index contributed by atoms with van der Waals surface area (Å²) in [6.07, 6.45) is -5.19. The summed E-state index contributed by atoms with van der Waals surface area (Å²) in [6.45, 7) is 1.19. The van der Waals surface area contributed by atoms with Crippen LogP contribution in [0.1, 0.15) is 12.5 Å². The lowest BCUT2D eigenvalue weighted by molar-refractivity contribution is -0.388. The third-order valence-electron chi connectivity index (χ3n) is 3.05. The van der Waals surface area contributed by atoms with Crippen LogP contribution in [-0.4, -0.2) is 10.8 Å². The molecule has 0 unspecified atom stereocenters. The van der Waals surface area contributed by atoms with Gasteiger partial charge in [-0.05, 0) is 18.2 Å². The van der Waals surface area contributed by atoms with Gasteiger partial charge in [-0.15, -0.1) is 0 Å². The van der Waals surface area contributed by atoms with Crippen LogP contribution in [0.3, 0.4) is 0 Å². The second-order valence-corrected chi connectivity index (χ2v) is 5.31. The highest BCUT2D eigenvalue weighted by atomic mass is 35.5. The molecule has 26 heavy (non-hydrogen) atoms. The van der Waals surface area contributed by atoms with Gasteiger partial charge in [-0.2, -0.15) is 13.2 Å². The molecule has 1 amide bonds. The van der Waals surface area contributed by atoms with E-state index in [1.807, 2.05) is 0 Å². The molecule has 0 saturated carbocycles. The van der Waals surface area contributed by atoms with Crippen LogP contribution in [0.15, 0.2) is 30.3 Å². The van der Waals surface area contributed by atoms with E-state index in [1.54, 1.807) is 0 Å². The molecule has 1 N–H and O–H groups in total. The number of nitrogens with zero attached hydrogens (tertiary/aromatic N) is 1. The third kappa shape index (κ3) is 4.02. The highest BCUT2D eigenvalue weighted by molar-refractivity contribution is 6.34. The van der Waals surface area contributed by atoms with Gasteiger partial charge in [-0.1, -0.05) is 23.7 Å². The summed E-state index contributed by atoms with van der Waals surface area (Å²) in [4.78, 5) is 20.8. The lowest BCUT2D eigenvalue weighted by atomic mass is 10.1. The van der Waals surface area contributed by atoms with Crippen LogP contribution in [0.2, 0.25) is 5.02 Å². The smallest absolute Gasteiger partial charge is 0.423 e. The SMILES string of the molecule is CC(=O)Nc1ccccc1Oc1c(F)cc(C(F)(F)F)c([N+](=O)[O-])c1Cl. The highest BCUT2D eigenvalue weighted by Crippen LogP contribution is 2.47. The maximum Gasteiger partial charge on any atom is 0.423 e. The van der Waals surface area contributed by atoms with Crippen molar-refractivity contribution in [1.29, 1.82) is 0 Å². The van der Waals surface area contributed by atoms with Crippen molar-refractivity contribution in [3.8, 4) is 11.5 Å². The van der Waals surface area contributed by atoms with Crippen molar-refractivity contribution in [1.82, 2.24) is 0 Å². The van der Waals surface area contributed by atoms with Crippen LogP contribution in [0.5, 0.6) is 11.5 Å². The second-order valence-electron chi connectivity index (χ2n) is 4.93. The number of nitro benzene ring substituents is 1. The van der Waals surface area contributed by atoms with E-state index in [1.165, 1.54) is 31.2 Å². The molecule has 0 fully saturated rings. The minimum Gasteiger partial charge on any atom is -0.450 e. The average Bonchev–Trinajstić information content (AvgIpc) is 2.50. The van der Waals surface area contributed by atoms with Crippen molar-refractivity contribution < 1.29 is 32.0 Å². The molecule has 0 saturated heterocycles. The molecular formula is C15H9ClF4N2O4. The molecule has 138 valence electrons. The molecule has 11 heteroatoms. The van der Waals surface area contributed by atoms with Crippen LogP contribution in [0.25, 0.3) is 0 Å². The zero-order valence-electron chi connectivity index (χ0n) is 12.9. The minimum atomic E-state index is -5.19. The number of hydrogen-bond donors (Lipinski definition) is 1. The number of hydrogen-bond acceptors (Lipinski definition) is 4. The Morgan fingerprint density at radius 1 is 1.31 bits per heavy atom. The van der Waals surface area contributed by atoms with Crippen molar-refractivity contribution in [3.05, 3.63) is 56.8 Å². The van der Waals surface area contributed by atoms with Gasteiger partial charge in [0.25, 0.3) is 0 Å². The van der Waals surface area contributed by atoms with Crippen LogP contribution >= 0.6 is 11.6 Å². The fourth-order valence-electron chi connectivity index (χ4n) is 2.04. The number of nitrogens with one attached hydrogen (secondary N) is 1. The minimum absolute atomic E-state index is 0.0676. The number of benzene rings is 2. The first-order valence-corrected chi connectivity index (χ1v) is 7.18. The van der Waals surface area contributed by atoms with Gasteiger partial charge in [0.2, 0.25) is 5.91 Å². The molecule has 0 radical (unpaired) electrons. The zero-order valence-corrected chi connectivity index (χ0v) is 13.6. The normalized spacial score (nSPS) is 11.2. The molecule has 2 rings (SSSR count). The van der Waals surface area contributed by atoms with Gasteiger partial charge in [-0.3, -0.25) is 14.9 Å². The molecule has 2 aromatic carbocycles. The molecule has 0 aliphatic rings. The number of anilines is 1. The Balaban J connectivity index is 2.61. The maximum atomic E-state index is 14.1. The molecule has 0 bridgehead atoms. The third-order valence-corrected chi connectivity index (χ3v) is 3.40. The predicted octanol–water partition coefficient (Wildman–Crippen LogP) is 5.16. The molecule has 0 heterocycles. The number of alkyl halides is 3. The van der Waals surface area contributed by atoms with Crippen LogP contribution in [0.4, 0.5) is 28.9 Å². The summed E-state index contributed by atoms with van der Waals surface area (Å²) in [6, 6.07) is 5.52. The number of ether oxygens (including phenoxy) is 1. The first-order chi connectivity index (χ1) is 12.0. The van der Waals surface area contributed by atoms with Gasteiger partial charge in [-0.25, -0.2) is 4.39 Å². The van der Waals surface area contributed by atoms with Gasteiger partial charge < -0.3 is 10.1 Å². The van der Waals surface area contributed by atoms with Crippen LogP contribution < -0.4 is 10.1 Å². The first-order valence-electron chi connectivity index (χ1n) is 6.80. The quantitative estimate of drug-likeness (QED) is 0.443. The first kappa shape index (κ1) is 19.4. The van der Waals surface area contributed by atoms with Crippen LogP contribution in [0, 0.1) is 15.9 Å². The predicted molar refractivity (Wildman–Crippen MR) is 83.9 cm³/mol. The van der Waals surface area contributed by atoms with Crippen molar-refractivity contribution in [3.63, 3.8) is 0 Å². The molecule has 0 atom stereocenters. The molecule has 2 aromatic rings. The number of amides is 1. The fraction of sp³-hybridized carbons (Fsp3) is 0.133. The summed E-state index contributed by atoms with van der Waals surface area (Å²) < 4.78 is 58.0. The fourth-order valence-corrected chi connectivity index (χ4v) is 2.34. The van der Waals surface area contributed by atoms with E-state index in [4.69, 9.17) is 16.3 Å². The number of para-hydroxylation sites is 2. The Hall–Kier alpha value is -2.88. The highest BCUT2D eigenvalue weighted by Gasteiger charge is 2.42. The molecule has 0 aromatic heterocycles. The van der Waals surface area contributed by atoms with Gasteiger partial charge in [0.1, 0.15) is 5.56 Å². The van der Waals surface area contributed by atoms with E-state index < -0.39 is 44.8 Å². The van der Waals surface area contributed by atoms with Crippen molar-refractivity contribution in [2.24, 2.45) is 0 Å². The number of halogens is 5. The summed E-state index contributed by atoms with van der Waals surface area (Å²) >= 11 is 5.63. The van der Waals surface area contributed by atoms with E-state index in [0.29, 0.717) is 0 Å². The molecular weight excluding hydrogens is 384 g/mol. The topological polar surface area (TPSA) is 81.5 Å². The summed E-state index contributed by atoms with van der Waals surface area (Å²) in [7, 11) is 0. The summed E-state index contributed by atoms with van der Waals surface area (Å²) in [5.41, 5.74) is -3.31. The van der Waals surface area contributed by atoms with E-state index in [0.717, 1.165) is 0 Å². The Labute approximate surface area is 148 Å². The summed E-state index contributed by atoms with van der Waals surface area (Å²) in [5, 5.41) is 12.2. The molecule has 0 aliphatic carbocycles. The maximum absolute atomic E-state index is 14.1. The second kappa shape index (κ2) is 7.16. The van der Waals surface area contributed by atoms with Gasteiger partial charge in [0.15, 0.2) is 22.3 Å². The van der Waals surface area contributed by atoms with Crippen LogP contribution in [-0.2, 0) is 11.0 Å². The van der Waals surface area contributed by atoms with Crippen molar-refractivity contribution in [2.45, 2.75) is 13.1 Å². The summed E-state index contributed by atoms with van der Waals surface area (Å²) in [5.74, 6) is -3.18. The Morgan fingerprint density at radius 3 is 2.46 bits per heavy atom. The van der Waals surface area contributed by atoms with Gasteiger partial charge >= 0.3 is 11.9 Å². The molecule has 0 spiro atoms. The lowest BCUT2D eigenvalue weighted by Crippen LogP contribution is -2.11. The standard InChI is InChI=1S/C15H9ClF4N2O4/c1-7(23)21-10-4-2-3-5-11(10)26-14-9(17)6-8(15(18,19)20)13(12(14)16)22(24)25/h2-6H,1H3,(H,21,23). The van der Waals surface area contributed by atoms with E-state index in [2.05, 4.69) is 5.32 Å². The Morgan fingerprint density at radius 2 is 1.92 bits per heavy atom. The number of carbonyl (C=O) groups excluding carboxylic acids is 1. The van der Waals surface area contributed by atoms with E-state index in [-0.39, 0.29) is 17.5 Å². The monoisotopic (exact) mass is 392 g/mol. The Kier molecular flexibility index (Phi) is 5.36. The molecule has 0 aliphatic heterocycles. The number of carbonyl (C=O) groups is 1. The van der Waals surface area contributed by atoms with Gasteiger partial charge in [0.05, 0.1) is 10.6 Å². The molecule has 6 nitrogen and oxygen atoms in total. The van der Waals surface area contributed by atoms with Crippen molar-refractivity contribution in [2.75, 3.05) is 5.32 Å². The van der Waals surface area contributed by atoms with Crippen molar-refractivity contribution >= 4 is 28.9 Å². The van der Waals surface area contributed by atoms with Gasteiger partial charge in [0, 0.05) is 6.92 Å².